The summed E-state index contributed by atoms with van der Waals surface area (Å²) in [7, 11) is 0. The van der Waals surface area contributed by atoms with Gasteiger partial charge in [-0.3, -0.25) is 9.59 Å². The molecule has 0 radical (unpaired) electrons. The number of phenols is 1. The molecule has 1 aliphatic heterocycles. The lowest BCUT2D eigenvalue weighted by molar-refractivity contribution is -0.192. The number of nitrogens with two attached hydrogens (primary N) is 2. The molecule has 1 aliphatic rings. The van der Waals surface area contributed by atoms with Crippen molar-refractivity contribution in [2.24, 2.45) is 16.5 Å². The zero-order valence-electron chi connectivity index (χ0n) is 19.4. The minimum Gasteiger partial charge on any atom is -0.508 e. The number of phenolic OH excluding ortho intramolecular Hbond substituents is 1. The van der Waals surface area contributed by atoms with Gasteiger partial charge in [0.1, 0.15) is 5.75 Å². The second-order valence-corrected chi connectivity index (χ2v) is 8.06. The fourth-order valence-electron chi connectivity index (χ4n) is 3.65. The Hall–Kier alpha value is -4.30. The van der Waals surface area contributed by atoms with Crippen LogP contribution in [0.25, 0.3) is 0 Å². The Morgan fingerprint density at radius 2 is 1.39 bits per heavy atom. The maximum absolute atomic E-state index is 13.7. The highest BCUT2D eigenvalue weighted by atomic mass is 19.4. The summed E-state index contributed by atoms with van der Waals surface area (Å²) in [6.45, 7) is 0.576. The number of carboxylic acids is 1. The minimum absolute atomic E-state index is 0.0386. The van der Waals surface area contributed by atoms with Gasteiger partial charge in [-0.05, 0) is 60.7 Å². The predicted molar refractivity (Wildman–Crippen MR) is 121 cm³/mol. The topological polar surface area (TPSA) is 159 Å². The molecule has 1 heterocycles. The molecule has 0 atom stereocenters. The Morgan fingerprint density at radius 1 is 0.895 bits per heavy atom. The van der Waals surface area contributed by atoms with E-state index in [9.17, 15) is 41.0 Å². The van der Waals surface area contributed by atoms with E-state index < -0.39 is 41.7 Å². The van der Waals surface area contributed by atoms with Crippen molar-refractivity contribution in [2.45, 2.75) is 31.1 Å². The van der Waals surface area contributed by atoms with Crippen LogP contribution in [-0.2, 0) is 11.0 Å². The van der Waals surface area contributed by atoms with Crippen LogP contribution in [0.3, 0.4) is 0 Å². The van der Waals surface area contributed by atoms with Gasteiger partial charge in [0.15, 0.2) is 5.96 Å². The summed E-state index contributed by atoms with van der Waals surface area (Å²) in [5.41, 5.74) is 9.56. The predicted octanol–water partition coefficient (Wildman–Crippen LogP) is 3.48. The van der Waals surface area contributed by atoms with E-state index in [2.05, 4.69) is 4.99 Å². The van der Waals surface area contributed by atoms with Crippen LogP contribution >= 0.6 is 0 Å². The standard InChI is InChI=1S/C21H21F3N4O3.C2HF3O2/c22-21(23,24)17-11-14(18(30)27-20(25)26)3-6-16(17)12-7-9-28(10-8-12)19(31)13-1-4-15(29)5-2-13;3-2(4,5)1(6)7/h1-6,11-12,29H,7-10H2,(H4,25,26,27,30);(H,6,7). The van der Waals surface area contributed by atoms with E-state index in [0.29, 0.717) is 18.4 Å². The van der Waals surface area contributed by atoms with E-state index in [1.807, 2.05) is 0 Å². The SMILES string of the molecule is NC(N)=NC(=O)c1ccc(C2CCN(C(=O)c3ccc(O)cc3)CC2)c(C(F)(F)F)c1.O=C(O)C(F)(F)F. The fourth-order valence-corrected chi connectivity index (χ4v) is 3.65. The molecule has 3 rings (SSSR count). The number of aliphatic imine (C=N–C) groups is 1. The monoisotopic (exact) mass is 548 g/mol. The zero-order chi connectivity index (χ0) is 28.8. The molecule has 15 heteroatoms. The molecule has 2 aromatic carbocycles. The van der Waals surface area contributed by atoms with Gasteiger partial charge in [-0.15, -0.1) is 0 Å². The maximum Gasteiger partial charge on any atom is 0.490 e. The van der Waals surface area contributed by atoms with Crippen molar-refractivity contribution in [3.05, 3.63) is 64.7 Å². The Bertz CT molecular complexity index is 1200. The van der Waals surface area contributed by atoms with Crippen molar-refractivity contribution >= 4 is 23.7 Å². The van der Waals surface area contributed by atoms with Gasteiger partial charge in [-0.25, -0.2) is 4.79 Å². The average molecular weight is 548 g/mol. The summed E-state index contributed by atoms with van der Waals surface area (Å²) < 4.78 is 72.8. The lowest BCUT2D eigenvalue weighted by Crippen LogP contribution is -2.38. The van der Waals surface area contributed by atoms with Crippen LogP contribution in [0.1, 0.15) is 50.6 Å². The third kappa shape index (κ3) is 8.11. The lowest BCUT2D eigenvalue weighted by atomic mass is 9.85. The molecule has 6 N–H and O–H groups in total. The highest BCUT2D eigenvalue weighted by Crippen LogP contribution is 2.39. The van der Waals surface area contributed by atoms with E-state index in [1.165, 1.54) is 36.4 Å². The molecule has 2 amide bonds. The third-order valence-corrected chi connectivity index (χ3v) is 5.42. The van der Waals surface area contributed by atoms with E-state index >= 15 is 0 Å². The first-order valence-electron chi connectivity index (χ1n) is 10.7. The van der Waals surface area contributed by atoms with Crippen LogP contribution in [0.15, 0.2) is 47.5 Å². The van der Waals surface area contributed by atoms with Gasteiger partial charge in [0.2, 0.25) is 0 Å². The molecule has 38 heavy (non-hydrogen) atoms. The molecule has 0 saturated carbocycles. The molecular weight excluding hydrogens is 526 g/mol. The Balaban J connectivity index is 0.000000638. The first kappa shape index (κ1) is 29.9. The number of hydrogen-bond acceptors (Lipinski definition) is 4. The number of benzene rings is 2. The van der Waals surface area contributed by atoms with Crippen molar-refractivity contribution in [1.82, 2.24) is 4.90 Å². The molecule has 9 nitrogen and oxygen atoms in total. The summed E-state index contributed by atoms with van der Waals surface area (Å²) in [4.78, 5) is 38.3. The summed E-state index contributed by atoms with van der Waals surface area (Å²) in [5, 5.41) is 16.5. The summed E-state index contributed by atoms with van der Waals surface area (Å²) >= 11 is 0. The zero-order valence-corrected chi connectivity index (χ0v) is 19.4. The molecule has 0 aromatic heterocycles. The van der Waals surface area contributed by atoms with Crippen molar-refractivity contribution < 1.29 is 50.9 Å². The number of halogens is 6. The third-order valence-electron chi connectivity index (χ3n) is 5.42. The van der Waals surface area contributed by atoms with E-state index in [4.69, 9.17) is 21.4 Å². The number of aromatic hydroxyl groups is 1. The molecule has 0 aliphatic carbocycles. The quantitative estimate of drug-likeness (QED) is 0.260. The van der Waals surface area contributed by atoms with E-state index in [-0.39, 0.29) is 35.9 Å². The number of guanidine groups is 1. The molecule has 0 spiro atoms. The van der Waals surface area contributed by atoms with Crippen LogP contribution in [0.4, 0.5) is 26.3 Å². The molecule has 2 aromatic rings. The fraction of sp³-hybridized carbons (Fsp3) is 0.304. The number of carbonyl (C=O) groups is 3. The van der Waals surface area contributed by atoms with Crippen molar-refractivity contribution in [3.8, 4) is 5.75 Å². The average Bonchev–Trinajstić information content (AvgIpc) is 2.82. The summed E-state index contributed by atoms with van der Waals surface area (Å²) in [5.74, 6) is -4.87. The van der Waals surface area contributed by atoms with Gasteiger partial charge in [0.25, 0.3) is 11.8 Å². The van der Waals surface area contributed by atoms with E-state index in [0.717, 1.165) is 6.07 Å². The molecule has 206 valence electrons. The van der Waals surface area contributed by atoms with Gasteiger partial charge in [-0.2, -0.15) is 31.3 Å². The second-order valence-electron chi connectivity index (χ2n) is 8.06. The number of carboxylic acid groups (broad SMARTS) is 1. The number of rotatable bonds is 3. The van der Waals surface area contributed by atoms with E-state index in [1.54, 1.807) is 4.90 Å². The number of piperidine rings is 1. The van der Waals surface area contributed by atoms with Gasteiger partial charge in [-0.1, -0.05) is 6.07 Å². The number of nitrogens with zero attached hydrogens (tertiary/aromatic N) is 2. The highest BCUT2D eigenvalue weighted by Gasteiger charge is 2.38. The number of carbonyl (C=O) groups excluding carboxylic acids is 2. The largest absolute Gasteiger partial charge is 0.508 e. The summed E-state index contributed by atoms with van der Waals surface area (Å²) in [6.07, 6.45) is -9.06. The Kier molecular flexibility index (Phi) is 9.32. The van der Waals surface area contributed by atoms with Crippen molar-refractivity contribution in [1.29, 1.82) is 0 Å². The molecule has 1 fully saturated rings. The first-order valence-corrected chi connectivity index (χ1v) is 10.7. The van der Waals surface area contributed by atoms with Crippen LogP contribution in [0, 0.1) is 0 Å². The second kappa shape index (κ2) is 11.8. The molecule has 0 bridgehead atoms. The Morgan fingerprint density at radius 3 is 1.84 bits per heavy atom. The number of likely N-dealkylation sites (tertiary alicyclic amines) is 1. The first-order chi connectivity index (χ1) is 17.5. The molecule has 1 saturated heterocycles. The van der Waals surface area contributed by atoms with Gasteiger partial charge in [0.05, 0.1) is 5.56 Å². The van der Waals surface area contributed by atoms with Gasteiger partial charge >= 0.3 is 18.3 Å². The van der Waals surface area contributed by atoms with Crippen LogP contribution in [0.5, 0.6) is 5.75 Å². The number of alkyl halides is 6. The summed E-state index contributed by atoms with van der Waals surface area (Å²) in [6, 6.07) is 9.11. The van der Waals surface area contributed by atoms with Gasteiger partial charge in [0, 0.05) is 24.2 Å². The number of amides is 2. The van der Waals surface area contributed by atoms with Crippen LogP contribution in [0.2, 0.25) is 0 Å². The van der Waals surface area contributed by atoms with Crippen LogP contribution in [-0.4, -0.2) is 58.1 Å². The molecular formula is C23H22F6N4O5. The molecule has 0 unspecified atom stereocenters. The number of hydrogen-bond donors (Lipinski definition) is 4. The maximum atomic E-state index is 13.7. The van der Waals surface area contributed by atoms with Gasteiger partial charge < -0.3 is 26.6 Å². The minimum atomic E-state index is -5.08. The van der Waals surface area contributed by atoms with Crippen molar-refractivity contribution in [2.75, 3.05) is 13.1 Å². The highest BCUT2D eigenvalue weighted by molar-refractivity contribution is 6.02. The van der Waals surface area contributed by atoms with Crippen LogP contribution < -0.4 is 11.5 Å². The van der Waals surface area contributed by atoms with Crippen molar-refractivity contribution in [3.63, 3.8) is 0 Å². The Labute approximate surface area is 211 Å². The lowest BCUT2D eigenvalue weighted by Gasteiger charge is -2.33. The normalized spacial score (nSPS) is 14.2. The smallest absolute Gasteiger partial charge is 0.490 e. The number of aliphatic carboxylic acids is 1.